The molecule has 3 aromatic rings. The van der Waals surface area contributed by atoms with Gasteiger partial charge >= 0.3 is 6.03 Å². The molecule has 9 nitrogen and oxygen atoms in total. The summed E-state index contributed by atoms with van der Waals surface area (Å²) in [7, 11) is 1.61. The van der Waals surface area contributed by atoms with E-state index in [9.17, 15) is 4.79 Å². The molecule has 0 saturated heterocycles. The van der Waals surface area contributed by atoms with Crippen molar-refractivity contribution in [3.05, 3.63) is 60.3 Å². The maximum absolute atomic E-state index is 12.0. The Bertz CT molecular complexity index is 933. The minimum absolute atomic E-state index is 0.277. The van der Waals surface area contributed by atoms with E-state index >= 15 is 0 Å². The number of methoxy groups -OCH3 is 1. The molecule has 0 aliphatic rings. The third-order valence-electron chi connectivity index (χ3n) is 3.98. The van der Waals surface area contributed by atoms with E-state index in [0.29, 0.717) is 30.5 Å². The fourth-order valence-corrected chi connectivity index (χ4v) is 2.50. The average Bonchev–Trinajstić information content (AvgIpc) is 2.74. The lowest BCUT2D eigenvalue weighted by molar-refractivity contribution is 0.252. The quantitative estimate of drug-likeness (QED) is 0.435. The summed E-state index contributed by atoms with van der Waals surface area (Å²) in [5, 5.41) is 20.0. The number of aryl methyl sites for hydroxylation is 1. The number of nitrogens with zero attached hydrogens (tertiary/aromatic N) is 3. The van der Waals surface area contributed by atoms with Crippen LogP contribution < -0.4 is 26.0 Å². The van der Waals surface area contributed by atoms with Crippen molar-refractivity contribution in [2.75, 3.05) is 36.1 Å². The van der Waals surface area contributed by atoms with Crippen molar-refractivity contribution in [3.63, 3.8) is 0 Å². The number of anilines is 4. The summed E-state index contributed by atoms with van der Waals surface area (Å²) in [5.41, 5.74) is 1.66. The van der Waals surface area contributed by atoms with Crippen molar-refractivity contribution in [2.45, 2.75) is 6.92 Å². The Morgan fingerprint density at radius 2 is 1.83 bits per heavy atom. The molecule has 0 saturated carbocycles. The molecule has 0 spiro atoms. The Kier molecular flexibility index (Phi) is 6.77. The number of aromatic nitrogens is 3. The van der Waals surface area contributed by atoms with E-state index < -0.39 is 0 Å². The normalized spacial score (nSPS) is 10.1. The highest BCUT2D eigenvalue weighted by atomic mass is 16.5. The van der Waals surface area contributed by atoms with Crippen LogP contribution in [0.25, 0.3) is 0 Å². The molecular weight excluding hydrogens is 370 g/mol. The Morgan fingerprint density at radius 1 is 1.00 bits per heavy atom. The highest BCUT2D eigenvalue weighted by molar-refractivity contribution is 5.90. The molecule has 2 heterocycles. The van der Waals surface area contributed by atoms with Gasteiger partial charge in [-0.05, 0) is 55.0 Å². The van der Waals surface area contributed by atoms with Gasteiger partial charge in [-0.3, -0.25) is 0 Å². The van der Waals surface area contributed by atoms with Crippen LogP contribution in [0, 0.1) is 6.92 Å². The van der Waals surface area contributed by atoms with E-state index in [1.54, 1.807) is 31.5 Å². The molecule has 0 aliphatic carbocycles. The van der Waals surface area contributed by atoms with Crippen molar-refractivity contribution >= 4 is 29.2 Å². The van der Waals surface area contributed by atoms with Gasteiger partial charge in [-0.25, -0.2) is 9.78 Å². The monoisotopic (exact) mass is 393 g/mol. The van der Waals surface area contributed by atoms with Crippen LogP contribution in [-0.2, 0) is 0 Å². The molecule has 29 heavy (non-hydrogen) atoms. The first-order chi connectivity index (χ1) is 14.1. The molecule has 0 bridgehead atoms. The summed E-state index contributed by atoms with van der Waals surface area (Å²) in [4.78, 5) is 16.2. The minimum Gasteiger partial charge on any atom is -0.497 e. The lowest BCUT2D eigenvalue weighted by Crippen LogP contribution is -2.32. The number of ether oxygens (including phenoxy) is 1. The zero-order valence-electron chi connectivity index (χ0n) is 16.3. The molecule has 0 fully saturated rings. The first-order valence-corrected chi connectivity index (χ1v) is 9.09. The summed E-state index contributed by atoms with van der Waals surface area (Å²) in [6, 6.07) is 14.4. The predicted molar refractivity (Wildman–Crippen MR) is 113 cm³/mol. The molecule has 2 amide bonds. The van der Waals surface area contributed by atoms with Crippen LogP contribution in [0.3, 0.4) is 0 Å². The van der Waals surface area contributed by atoms with E-state index in [-0.39, 0.29) is 6.03 Å². The molecule has 0 aliphatic heterocycles. The average molecular weight is 393 g/mol. The topological polar surface area (TPSA) is 113 Å². The molecule has 150 valence electrons. The van der Waals surface area contributed by atoms with Gasteiger partial charge < -0.3 is 26.0 Å². The van der Waals surface area contributed by atoms with Gasteiger partial charge in [0.05, 0.1) is 7.11 Å². The minimum atomic E-state index is -0.277. The van der Waals surface area contributed by atoms with Crippen LogP contribution >= 0.6 is 0 Å². The van der Waals surface area contributed by atoms with Crippen molar-refractivity contribution in [3.8, 4) is 5.75 Å². The smallest absolute Gasteiger partial charge is 0.319 e. The number of nitrogens with one attached hydrogen (secondary N) is 4. The Labute approximate surface area is 168 Å². The Hall–Kier alpha value is -3.88. The van der Waals surface area contributed by atoms with E-state index in [1.165, 1.54) is 0 Å². The highest BCUT2D eigenvalue weighted by Crippen LogP contribution is 2.20. The summed E-state index contributed by atoms with van der Waals surface area (Å²) < 4.78 is 5.16. The zero-order chi connectivity index (χ0) is 20.5. The number of urea groups is 1. The number of benzene rings is 1. The van der Waals surface area contributed by atoms with Crippen LogP contribution in [-0.4, -0.2) is 41.4 Å². The lowest BCUT2D eigenvalue weighted by Gasteiger charge is -2.11. The molecule has 2 aromatic heterocycles. The zero-order valence-corrected chi connectivity index (χ0v) is 16.3. The standard InChI is InChI=1S/C20H23N7O2/c1-14-13-15(29-2)6-7-16(14)24-20(28)23-12-11-22-18-8-9-19(27-26-18)25-17-5-3-4-10-21-17/h3-10,13H,11-12H2,1-2H3,(H,22,26)(H,21,25,27)(H2,23,24,28). The molecule has 3 rings (SSSR count). The fourth-order valence-electron chi connectivity index (χ4n) is 2.50. The first kappa shape index (κ1) is 19.9. The lowest BCUT2D eigenvalue weighted by atomic mass is 10.2. The Morgan fingerprint density at radius 3 is 2.52 bits per heavy atom. The van der Waals surface area contributed by atoms with Crippen LogP contribution in [0.2, 0.25) is 0 Å². The molecule has 9 heteroatoms. The number of carbonyl (C=O) groups excluding carboxylic acids is 1. The van der Waals surface area contributed by atoms with E-state index in [2.05, 4.69) is 36.4 Å². The van der Waals surface area contributed by atoms with Gasteiger partial charge in [-0.1, -0.05) is 6.07 Å². The number of rotatable bonds is 8. The fraction of sp³-hybridized carbons (Fsp3) is 0.200. The maximum atomic E-state index is 12.0. The van der Waals surface area contributed by atoms with E-state index in [0.717, 1.165) is 17.0 Å². The molecule has 0 atom stereocenters. The molecule has 1 aromatic carbocycles. The molecule has 0 radical (unpaired) electrons. The third kappa shape index (κ3) is 6.06. The number of amides is 2. The van der Waals surface area contributed by atoms with Crippen molar-refractivity contribution in [2.24, 2.45) is 0 Å². The van der Waals surface area contributed by atoms with Gasteiger partial charge in [-0.2, -0.15) is 0 Å². The van der Waals surface area contributed by atoms with Gasteiger partial charge in [-0.15, -0.1) is 10.2 Å². The van der Waals surface area contributed by atoms with Crippen LogP contribution in [0.4, 0.5) is 27.9 Å². The van der Waals surface area contributed by atoms with Gasteiger partial charge in [0.25, 0.3) is 0 Å². The number of carbonyl (C=O) groups is 1. The van der Waals surface area contributed by atoms with Crippen molar-refractivity contribution in [1.82, 2.24) is 20.5 Å². The van der Waals surface area contributed by atoms with E-state index in [1.807, 2.05) is 37.3 Å². The summed E-state index contributed by atoms with van der Waals surface area (Å²) in [6.45, 7) is 2.85. The van der Waals surface area contributed by atoms with Crippen LogP contribution in [0.5, 0.6) is 5.75 Å². The summed E-state index contributed by atoms with van der Waals surface area (Å²) in [6.07, 6.45) is 1.70. The Balaban J connectivity index is 1.39. The second-order valence-corrected chi connectivity index (χ2v) is 6.13. The van der Waals surface area contributed by atoms with Crippen LogP contribution in [0.1, 0.15) is 5.56 Å². The van der Waals surface area contributed by atoms with Gasteiger partial charge in [0.1, 0.15) is 17.4 Å². The van der Waals surface area contributed by atoms with Gasteiger partial charge in [0.15, 0.2) is 5.82 Å². The summed E-state index contributed by atoms with van der Waals surface area (Å²) >= 11 is 0. The van der Waals surface area contributed by atoms with Gasteiger partial charge in [0.2, 0.25) is 0 Å². The van der Waals surface area contributed by atoms with E-state index in [4.69, 9.17) is 4.74 Å². The maximum Gasteiger partial charge on any atom is 0.319 e. The molecule has 4 N–H and O–H groups in total. The third-order valence-corrected chi connectivity index (χ3v) is 3.98. The van der Waals surface area contributed by atoms with Crippen molar-refractivity contribution < 1.29 is 9.53 Å². The SMILES string of the molecule is COc1ccc(NC(=O)NCCNc2ccc(Nc3ccccn3)nn2)c(C)c1. The molecular formula is C20H23N7O2. The summed E-state index contributed by atoms with van der Waals surface area (Å²) in [5.74, 6) is 2.66. The van der Waals surface area contributed by atoms with Crippen molar-refractivity contribution in [1.29, 1.82) is 0 Å². The van der Waals surface area contributed by atoms with Crippen LogP contribution in [0.15, 0.2) is 54.7 Å². The van der Waals surface area contributed by atoms with Gasteiger partial charge in [0, 0.05) is 25.0 Å². The number of pyridine rings is 1. The first-order valence-electron chi connectivity index (χ1n) is 9.09. The second kappa shape index (κ2) is 9.88. The largest absolute Gasteiger partial charge is 0.497 e. The number of hydrogen-bond donors (Lipinski definition) is 4. The predicted octanol–water partition coefficient (Wildman–Crippen LogP) is 3.17. The highest BCUT2D eigenvalue weighted by Gasteiger charge is 2.05. The number of hydrogen-bond acceptors (Lipinski definition) is 7. The molecule has 0 unspecified atom stereocenters. The second-order valence-electron chi connectivity index (χ2n) is 6.13.